The minimum Gasteiger partial charge on any atom is -0.504 e. The summed E-state index contributed by atoms with van der Waals surface area (Å²) >= 11 is 0. The van der Waals surface area contributed by atoms with Crippen molar-refractivity contribution in [1.29, 1.82) is 0 Å². The van der Waals surface area contributed by atoms with Gasteiger partial charge in [-0.3, -0.25) is 9.00 Å². The number of carbonyl (C=O) groups is 2. The third kappa shape index (κ3) is 6.57. The minimum atomic E-state index is -1.63. The average molecular weight is 583 g/mol. The zero-order valence-corrected chi connectivity index (χ0v) is 23.9. The molecule has 3 aromatic rings. The number of carbonyl (C=O) groups excluding carboxylic acids is 1. The second-order valence-corrected chi connectivity index (χ2v) is 11.6. The largest absolute Gasteiger partial charge is 0.504 e. The molecule has 0 saturated carbocycles. The van der Waals surface area contributed by atoms with E-state index in [-0.39, 0.29) is 16.7 Å². The Morgan fingerprint density at radius 1 is 1.10 bits per heavy atom. The summed E-state index contributed by atoms with van der Waals surface area (Å²) in [5.74, 6) is -2.44. The number of hydrogen-bond acceptors (Lipinski definition) is 8. The summed E-state index contributed by atoms with van der Waals surface area (Å²) in [7, 11) is 0.0647. The predicted octanol–water partition coefficient (Wildman–Crippen LogP) is 4.49. The van der Waals surface area contributed by atoms with Crippen LogP contribution in [-0.2, 0) is 20.4 Å². The van der Waals surface area contributed by atoms with Crippen LogP contribution in [0.2, 0.25) is 0 Å². The molecular weight excluding hydrogens is 548 g/mol. The number of carboxylic acid groups (broad SMARTS) is 1. The van der Waals surface area contributed by atoms with Gasteiger partial charge in [0.25, 0.3) is 5.91 Å². The van der Waals surface area contributed by atoms with Gasteiger partial charge >= 0.3 is 5.97 Å². The highest BCUT2D eigenvalue weighted by atomic mass is 32.2. The zero-order valence-electron chi connectivity index (χ0n) is 23.1. The number of phenolic OH excluding ortho intramolecular Hbond substituents is 2. The van der Waals surface area contributed by atoms with Crippen LogP contribution in [0.25, 0.3) is 0 Å². The molecule has 0 spiro atoms. The number of nitrogens with zero attached hydrogens (tertiary/aromatic N) is 1. The van der Waals surface area contributed by atoms with Crippen molar-refractivity contribution in [3.05, 3.63) is 66.2 Å². The van der Waals surface area contributed by atoms with Gasteiger partial charge in [0, 0.05) is 35.7 Å². The highest BCUT2D eigenvalue weighted by Crippen LogP contribution is 2.44. The number of anilines is 2. The lowest BCUT2D eigenvalue weighted by molar-refractivity contribution is -0.142. The molecule has 0 radical (unpaired) electrons. The lowest BCUT2D eigenvalue weighted by atomic mass is 9.86. The number of methoxy groups -OCH3 is 1. The van der Waals surface area contributed by atoms with Crippen LogP contribution < -0.4 is 19.7 Å². The Kier molecular flexibility index (Phi) is 9.07. The van der Waals surface area contributed by atoms with Gasteiger partial charge in [-0.05, 0) is 36.5 Å². The molecule has 11 heteroatoms. The van der Waals surface area contributed by atoms with Crippen LogP contribution in [0, 0.1) is 5.41 Å². The van der Waals surface area contributed by atoms with Gasteiger partial charge < -0.3 is 35.0 Å². The van der Waals surface area contributed by atoms with Crippen molar-refractivity contribution >= 4 is 34.1 Å². The average Bonchev–Trinajstić information content (AvgIpc) is 2.96. The molecule has 4 N–H and O–H groups in total. The summed E-state index contributed by atoms with van der Waals surface area (Å²) in [6, 6.07) is 15.4. The predicted molar refractivity (Wildman–Crippen MR) is 155 cm³/mol. The molecule has 1 aliphatic heterocycles. The zero-order chi connectivity index (χ0) is 29.7. The first-order valence-electron chi connectivity index (χ1n) is 13.2. The number of hydrogen-bond donors (Lipinski definition) is 4. The van der Waals surface area contributed by atoms with Gasteiger partial charge in [-0.2, -0.15) is 0 Å². The van der Waals surface area contributed by atoms with Crippen LogP contribution in [-0.4, -0.2) is 57.4 Å². The summed E-state index contributed by atoms with van der Waals surface area (Å²) in [6.45, 7) is 4.34. The summed E-state index contributed by atoms with van der Waals surface area (Å²) in [6.07, 6.45) is 1.69. The van der Waals surface area contributed by atoms with Crippen LogP contribution >= 0.6 is 0 Å². The Morgan fingerprint density at radius 2 is 1.83 bits per heavy atom. The Balaban J connectivity index is 1.64. The number of fused-ring (bicyclic) bond motifs is 1. The number of nitrogens with one attached hydrogen (secondary N) is 1. The lowest BCUT2D eigenvalue weighted by Crippen LogP contribution is -2.36. The maximum absolute atomic E-state index is 13.7. The number of phenols is 2. The van der Waals surface area contributed by atoms with E-state index in [0.717, 1.165) is 18.5 Å². The van der Waals surface area contributed by atoms with E-state index in [0.29, 0.717) is 28.6 Å². The van der Waals surface area contributed by atoms with E-state index in [1.54, 1.807) is 12.1 Å². The summed E-state index contributed by atoms with van der Waals surface area (Å²) < 4.78 is 25.1. The van der Waals surface area contributed by atoms with E-state index < -0.39 is 46.8 Å². The fraction of sp³-hybridized carbons (Fsp3) is 0.333. The van der Waals surface area contributed by atoms with Crippen molar-refractivity contribution < 1.29 is 38.6 Å². The van der Waals surface area contributed by atoms with Crippen molar-refractivity contribution in [2.24, 2.45) is 5.41 Å². The first kappa shape index (κ1) is 29.7. The van der Waals surface area contributed by atoms with Crippen LogP contribution in [0.4, 0.5) is 11.4 Å². The number of aliphatic carboxylic acids is 1. The highest BCUT2D eigenvalue weighted by Gasteiger charge is 2.33. The Morgan fingerprint density at radius 3 is 2.49 bits per heavy atom. The molecule has 10 nitrogen and oxygen atoms in total. The first-order valence-corrected chi connectivity index (χ1v) is 14.5. The summed E-state index contributed by atoms with van der Waals surface area (Å²) in [5.41, 5.74) is 1.32. The Bertz CT molecular complexity index is 1450. The Hall–Kier alpha value is -4.25. The van der Waals surface area contributed by atoms with Gasteiger partial charge in [-0.1, -0.05) is 44.2 Å². The standard InChI is InChI=1S/C30H34N2O8S/c1-4-30(2)13-14-32(19-9-6-5-7-10-19)21-15-23(39-3)24(16-25(21)41(38)18-30)40-17-26(34)31-27(29(36)37)20-11-8-12-22(33)28(20)35/h5-12,15-16,27,33,35H,4,13-14,17-18H2,1-3H3,(H,31,34)(H,36,37). The second-order valence-electron chi connectivity index (χ2n) is 10.2. The SMILES string of the molecule is CCC1(C)CCN(c2ccccc2)c2cc(OC)c(OCC(=O)NC(C(=O)O)c3cccc(O)c3O)cc2S(=O)C1. The van der Waals surface area contributed by atoms with Gasteiger partial charge in [0.05, 0.1) is 28.5 Å². The number of ether oxygens (including phenoxy) is 2. The molecule has 3 atom stereocenters. The van der Waals surface area contributed by atoms with Crippen LogP contribution in [0.15, 0.2) is 65.6 Å². The number of carboxylic acids is 1. The van der Waals surface area contributed by atoms with Crippen LogP contribution in [0.1, 0.15) is 38.3 Å². The van der Waals surface area contributed by atoms with E-state index in [1.165, 1.54) is 25.3 Å². The molecule has 41 heavy (non-hydrogen) atoms. The summed E-state index contributed by atoms with van der Waals surface area (Å²) in [4.78, 5) is 27.3. The van der Waals surface area contributed by atoms with Crippen molar-refractivity contribution in [3.8, 4) is 23.0 Å². The van der Waals surface area contributed by atoms with E-state index in [1.807, 2.05) is 30.3 Å². The molecular formula is C30H34N2O8S. The summed E-state index contributed by atoms with van der Waals surface area (Å²) in [5, 5.41) is 31.8. The second kappa shape index (κ2) is 12.5. The van der Waals surface area contributed by atoms with Crippen LogP contribution in [0.3, 0.4) is 0 Å². The number of para-hydroxylation sites is 2. The first-order chi connectivity index (χ1) is 19.6. The van der Waals surface area contributed by atoms with Gasteiger partial charge in [-0.15, -0.1) is 0 Å². The molecule has 1 aliphatic rings. The number of benzene rings is 3. The van der Waals surface area contributed by atoms with Gasteiger partial charge in [0.2, 0.25) is 0 Å². The minimum absolute atomic E-state index is 0.153. The molecule has 218 valence electrons. The smallest absolute Gasteiger partial charge is 0.331 e. The molecule has 0 aromatic heterocycles. The number of amides is 1. The van der Waals surface area contributed by atoms with Crippen molar-refractivity contribution in [3.63, 3.8) is 0 Å². The van der Waals surface area contributed by atoms with Gasteiger partial charge in [-0.25, -0.2) is 4.79 Å². The van der Waals surface area contributed by atoms with Gasteiger partial charge in [0.1, 0.15) is 0 Å². The maximum Gasteiger partial charge on any atom is 0.331 e. The monoisotopic (exact) mass is 582 g/mol. The van der Waals surface area contributed by atoms with E-state index >= 15 is 0 Å². The topological polar surface area (TPSA) is 146 Å². The molecule has 0 saturated heterocycles. The third-order valence-corrected chi connectivity index (χ3v) is 9.17. The molecule has 0 aliphatic carbocycles. The van der Waals surface area contributed by atoms with E-state index in [9.17, 15) is 29.1 Å². The van der Waals surface area contributed by atoms with Gasteiger partial charge in [0.15, 0.2) is 35.6 Å². The van der Waals surface area contributed by atoms with E-state index in [4.69, 9.17) is 9.47 Å². The fourth-order valence-corrected chi connectivity index (χ4v) is 6.50. The highest BCUT2D eigenvalue weighted by molar-refractivity contribution is 7.85. The molecule has 1 amide bonds. The molecule has 3 aromatic carbocycles. The Labute approximate surface area is 241 Å². The normalized spacial score (nSPS) is 19.3. The lowest BCUT2D eigenvalue weighted by Gasteiger charge is -2.36. The van der Waals surface area contributed by atoms with E-state index in [2.05, 4.69) is 24.1 Å². The molecule has 0 fully saturated rings. The van der Waals surface area contributed by atoms with Crippen molar-refractivity contribution in [1.82, 2.24) is 5.32 Å². The maximum atomic E-state index is 13.7. The molecule has 3 unspecified atom stereocenters. The third-order valence-electron chi connectivity index (χ3n) is 7.39. The molecule has 4 rings (SSSR count). The number of aromatic hydroxyl groups is 2. The van der Waals surface area contributed by atoms with Crippen LogP contribution in [0.5, 0.6) is 23.0 Å². The fourth-order valence-electron chi connectivity index (χ4n) is 4.72. The molecule has 0 bridgehead atoms. The number of rotatable bonds is 9. The molecule has 1 heterocycles. The van der Waals surface area contributed by atoms with Crippen molar-refractivity contribution in [2.45, 2.75) is 37.6 Å². The quantitative estimate of drug-likeness (QED) is 0.268. The van der Waals surface area contributed by atoms with Crippen molar-refractivity contribution in [2.75, 3.05) is 30.9 Å².